The summed E-state index contributed by atoms with van der Waals surface area (Å²) in [4.78, 5) is 13.1. The molecule has 5 rings (SSSR count). The van der Waals surface area contributed by atoms with Crippen molar-refractivity contribution in [1.82, 2.24) is 4.90 Å². The molecule has 5 atom stereocenters. The molecule has 1 aliphatic heterocycles. The lowest BCUT2D eigenvalue weighted by Crippen LogP contribution is -2.21. The third-order valence-electron chi connectivity index (χ3n) is 8.80. The summed E-state index contributed by atoms with van der Waals surface area (Å²) in [6.07, 6.45) is 11.0. The van der Waals surface area contributed by atoms with Crippen molar-refractivity contribution in [2.45, 2.75) is 84.7 Å². The number of hydrogen-bond acceptors (Lipinski definition) is 3. The number of nitrogens with zero attached hydrogens (tertiary/aromatic N) is 2. The first-order chi connectivity index (χ1) is 19.1. The van der Waals surface area contributed by atoms with Gasteiger partial charge in [0.05, 0.1) is 11.6 Å². The molecule has 1 saturated heterocycles. The third kappa shape index (κ3) is 10.3. The van der Waals surface area contributed by atoms with E-state index in [-0.39, 0.29) is 11.7 Å². The summed E-state index contributed by atoms with van der Waals surface area (Å²) < 4.78 is 12.5. The summed E-state index contributed by atoms with van der Waals surface area (Å²) in [7, 11) is 2.92. The van der Waals surface area contributed by atoms with Crippen LogP contribution < -0.4 is 5.32 Å². The zero-order valence-corrected chi connectivity index (χ0v) is 26.1. The van der Waals surface area contributed by atoms with Gasteiger partial charge in [-0.05, 0) is 123 Å². The second-order valence-corrected chi connectivity index (χ2v) is 13.4. The maximum atomic E-state index is 12.5. The molecule has 2 aromatic rings. The second-order valence-electron chi connectivity index (χ2n) is 12.4. The Kier molecular flexibility index (Phi) is 12.6. The first kappa shape index (κ1) is 32.2. The molecule has 40 heavy (non-hydrogen) atoms. The molecule has 1 amide bonds. The number of halogens is 1. The van der Waals surface area contributed by atoms with Gasteiger partial charge in [-0.1, -0.05) is 45.4 Å². The predicted molar refractivity (Wildman–Crippen MR) is 168 cm³/mol. The van der Waals surface area contributed by atoms with Crippen LogP contribution in [0.3, 0.4) is 0 Å². The van der Waals surface area contributed by atoms with Crippen LogP contribution >= 0.6 is 9.24 Å². The van der Waals surface area contributed by atoms with E-state index in [1.54, 1.807) is 12.1 Å². The van der Waals surface area contributed by atoms with Crippen molar-refractivity contribution in [3.63, 3.8) is 0 Å². The van der Waals surface area contributed by atoms with Crippen LogP contribution in [-0.2, 0) is 11.2 Å². The number of benzene rings is 2. The van der Waals surface area contributed by atoms with Crippen LogP contribution in [0.4, 0.5) is 10.1 Å². The van der Waals surface area contributed by atoms with E-state index in [0.29, 0.717) is 11.1 Å². The van der Waals surface area contributed by atoms with Crippen LogP contribution in [0.1, 0.15) is 83.8 Å². The Morgan fingerprint density at radius 3 is 2.60 bits per heavy atom. The smallest absolute Gasteiger partial charge is 0.221 e. The number of nitriles is 1. The van der Waals surface area contributed by atoms with Gasteiger partial charge in [-0.2, -0.15) is 5.26 Å². The summed E-state index contributed by atoms with van der Waals surface area (Å²) in [5, 5.41) is 11.5. The van der Waals surface area contributed by atoms with Crippen molar-refractivity contribution in [2.75, 3.05) is 25.0 Å². The Labute approximate surface area is 244 Å². The lowest BCUT2D eigenvalue weighted by Gasteiger charge is -2.30. The van der Waals surface area contributed by atoms with Gasteiger partial charge in [0, 0.05) is 19.2 Å². The summed E-state index contributed by atoms with van der Waals surface area (Å²) in [6, 6.07) is 16.2. The topological polar surface area (TPSA) is 56.1 Å². The van der Waals surface area contributed by atoms with Gasteiger partial charge < -0.3 is 10.2 Å². The van der Waals surface area contributed by atoms with Crippen molar-refractivity contribution in [3.05, 3.63) is 65.5 Å². The Balaban J connectivity index is 0.000000180. The number of likely N-dealkylation sites (tertiary alicyclic amines) is 1. The molecule has 2 aliphatic carbocycles. The maximum absolute atomic E-state index is 12.5. The van der Waals surface area contributed by atoms with E-state index in [9.17, 15) is 9.18 Å². The number of carbonyl (C=O) groups excluding carboxylic acids is 1. The Hall–Kier alpha value is -2.28. The highest BCUT2D eigenvalue weighted by Crippen LogP contribution is 2.64. The highest BCUT2D eigenvalue weighted by Gasteiger charge is 2.56. The monoisotopic (exact) mass is 565 g/mol. The molecule has 3 fully saturated rings. The molecule has 6 heteroatoms. The van der Waals surface area contributed by atoms with Crippen molar-refractivity contribution >= 4 is 20.8 Å². The van der Waals surface area contributed by atoms with E-state index in [1.165, 1.54) is 95.6 Å². The molecular weight excluding hydrogens is 516 g/mol. The molecule has 218 valence electrons. The number of rotatable bonds is 7. The molecule has 4 unspecified atom stereocenters. The van der Waals surface area contributed by atoms with Crippen molar-refractivity contribution in [1.29, 1.82) is 5.26 Å². The van der Waals surface area contributed by atoms with Crippen molar-refractivity contribution in [3.8, 4) is 6.07 Å². The number of nitrogens with one attached hydrogen (secondary N) is 1. The molecule has 0 aromatic heterocycles. The van der Waals surface area contributed by atoms with E-state index in [0.717, 1.165) is 29.0 Å². The van der Waals surface area contributed by atoms with E-state index in [1.807, 2.05) is 12.1 Å². The summed E-state index contributed by atoms with van der Waals surface area (Å²) in [5.41, 5.74) is 4.13. The SMILES string of the molecule is CC(=O)Nc1cccc(F)c1.CC(C)C1CC[C@]2(Cc3cccc(C#N)c3)CC2C1.CCCCN1CCC(P)C1. The lowest BCUT2D eigenvalue weighted by atomic mass is 9.75. The van der Waals surface area contributed by atoms with Crippen LogP contribution in [0.15, 0.2) is 48.5 Å². The molecular formula is C34H49FN3OP. The lowest BCUT2D eigenvalue weighted by molar-refractivity contribution is -0.114. The average molecular weight is 566 g/mol. The minimum absolute atomic E-state index is 0.199. The van der Waals surface area contributed by atoms with Gasteiger partial charge >= 0.3 is 0 Å². The summed E-state index contributed by atoms with van der Waals surface area (Å²) in [6.45, 7) is 12.3. The second kappa shape index (κ2) is 15.6. The Morgan fingerprint density at radius 1 is 1.23 bits per heavy atom. The first-order valence-electron chi connectivity index (χ1n) is 15.1. The van der Waals surface area contributed by atoms with Crippen LogP contribution in [0.25, 0.3) is 0 Å². The van der Waals surface area contributed by atoms with Gasteiger partial charge in [0.15, 0.2) is 0 Å². The minimum Gasteiger partial charge on any atom is -0.326 e. The summed E-state index contributed by atoms with van der Waals surface area (Å²) in [5.74, 6) is 2.21. The van der Waals surface area contributed by atoms with Crippen LogP contribution in [-0.4, -0.2) is 36.1 Å². The fraction of sp³-hybridized carbons (Fsp3) is 0.588. The predicted octanol–water partition coefficient (Wildman–Crippen LogP) is 8.08. The van der Waals surface area contributed by atoms with Crippen molar-refractivity contribution in [2.24, 2.45) is 23.2 Å². The van der Waals surface area contributed by atoms with Crippen molar-refractivity contribution < 1.29 is 9.18 Å². The van der Waals surface area contributed by atoms with Crippen LogP contribution in [0, 0.1) is 40.3 Å². The zero-order valence-electron chi connectivity index (χ0n) is 25.0. The van der Waals surface area contributed by atoms with Gasteiger partial charge in [0.1, 0.15) is 5.82 Å². The zero-order chi connectivity index (χ0) is 29.1. The van der Waals surface area contributed by atoms with Gasteiger partial charge in [0.25, 0.3) is 0 Å². The maximum Gasteiger partial charge on any atom is 0.221 e. The molecule has 1 heterocycles. The van der Waals surface area contributed by atoms with Crippen LogP contribution in [0.2, 0.25) is 0 Å². The standard InChI is InChI=1S/C18H23N.C8H8FNO.C8H18NP/c1-13(2)16-6-7-18(11-17(18)9-16)10-14-4-3-5-15(8-14)12-19;1-6(11)10-8-4-2-3-7(9)5-8;1-2-3-5-9-6-4-8(10)7-9/h3-5,8,13,16-17H,6-7,9-11H2,1-2H3;2-5H,1H3,(H,10,11);8H,2-7,10H2,1H3/t16?,17?,18-;;/m0../s1. The number of hydrogen-bond donors (Lipinski definition) is 1. The highest BCUT2D eigenvalue weighted by molar-refractivity contribution is 7.17. The minimum atomic E-state index is -0.351. The van der Waals surface area contributed by atoms with Gasteiger partial charge in [-0.3, -0.25) is 4.79 Å². The van der Waals surface area contributed by atoms with E-state index >= 15 is 0 Å². The normalized spacial score (nSPS) is 25.0. The number of carbonyl (C=O) groups is 1. The number of fused-ring (bicyclic) bond motifs is 1. The van der Waals surface area contributed by atoms with Gasteiger partial charge in [0.2, 0.25) is 5.91 Å². The first-order valence-corrected chi connectivity index (χ1v) is 15.8. The Bertz CT molecular complexity index is 1130. The summed E-state index contributed by atoms with van der Waals surface area (Å²) >= 11 is 0. The number of anilines is 1. The highest BCUT2D eigenvalue weighted by atomic mass is 31.0. The molecule has 0 spiro atoms. The third-order valence-corrected chi connectivity index (χ3v) is 9.34. The van der Waals surface area contributed by atoms with Gasteiger partial charge in [-0.25, -0.2) is 4.39 Å². The van der Waals surface area contributed by atoms with E-state index < -0.39 is 0 Å². The fourth-order valence-corrected chi connectivity index (χ4v) is 6.76. The molecule has 2 saturated carbocycles. The number of amides is 1. The molecule has 1 N–H and O–H groups in total. The molecule has 4 nitrogen and oxygen atoms in total. The number of unbranched alkanes of at least 4 members (excludes halogenated alkanes) is 1. The van der Waals surface area contributed by atoms with Crippen LogP contribution in [0.5, 0.6) is 0 Å². The average Bonchev–Trinajstić information content (AvgIpc) is 3.48. The van der Waals surface area contributed by atoms with E-state index in [4.69, 9.17) is 5.26 Å². The van der Waals surface area contributed by atoms with E-state index in [2.05, 4.69) is 58.4 Å². The fourth-order valence-electron chi connectivity index (χ4n) is 6.31. The molecule has 2 aromatic carbocycles. The van der Waals surface area contributed by atoms with Gasteiger partial charge in [-0.15, -0.1) is 9.24 Å². The molecule has 3 aliphatic rings. The molecule has 0 radical (unpaired) electrons. The Morgan fingerprint density at radius 2 is 2.00 bits per heavy atom. The molecule has 0 bridgehead atoms. The largest absolute Gasteiger partial charge is 0.326 e. The quantitative estimate of drug-likeness (QED) is 0.345.